The molecule has 0 unspecified atom stereocenters. The number of rotatable bonds is 7. The third-order valence-electron chi connectivity index (χ3n) is 4.47. The van der Waals surface area contributed by atoms with E-state index in [1.807, 2.05) is 5.32 Å². The molecule has 0 aliphatic heterocycles. The molecule has 11 nitrogen and oxygen atoms in total. The highest BCUT2D eigenvalue weighted by molar-refractivity contribution is 7.90. The zero-order chi connectivity index (χ0) is 24.5. The summed E-state index contributed by atoms with van der Waals surface area (Å²) in [6.45, 7) is -2.77. The van der Waals surface area contributed by atoms with Crippen molar-refractivity contribution in [3.63, 3.8) is 0 Å². The van der Waals surface area contributed by atoms with E-state index in [1.54, 1.807) is 6.20 Å². The van der Waals surface area contributed by atoms with Gasteiger partial charge in [-0.1, -0.05) is 0 Å². The van der Waals surface area contributed by atoms with Crippen LogP contribution in [0.4, 0.5) is 23.1 Å². The molecule has 4 rings (SSSR count). The highest BCUT2D eigenvalue weighted by Gasteiger charge is 2.25. The molecule has 3 heterocycles. The Labute approximate surface area is 182 Å². The van der Waals surface area contributed by atoms with Crippen LogP contribution in [0.2, 0.25) is 0 Å². The first-order valence-corrected chi connectivity index (χ1v) is 11.1. The first-order valence-electron chi connectivity index (χ1n) is 10.7. The lowest BCUT2D eigenvalue weighted by molar-refractivity contribution is 0.0958. The van der Waals surface area contributed by atoms with Crippen molar-refractivity contribution in [3.8, 4) is 0 Å². The van der Waals surface area contributed by atoms with Gasteiger partial charge in [-0.2, -0.15) is 0 Å². The van der Waals surface area contributed by atoms with E-state index in [0.29, 0.717) is 11.7 Å². The molecule has 3 aromatic rings. The number of anilines is 4. The first-order chi connectivity index (χ1) is 16.0. The SMILES string of the molecule is [2H]C([2H])([2H])NC(=O)c1nnc(Nc2cnc(C3CC3)cn2)cc1Nc1ncccc1S(C)(=O)=O. The summed E-state index contributed by atoms with van der Waals surface area (Å²) in [7, 11) is -3.67. The second kappa shape index (κ2) is 8.22. The van der Waals surface area contributed by atoms with Crippen molar-refractivity contribution >= 4 is 38.9 Å². The van der Waals surface area contributed by atoms with Gasteiger partial charge < -0.3 is 16.0 Å². The normalized spacial score (nSPS) is 15.3. The Morgan fingerprint density at radius 1 is 1.13 bits per heavy atom. The first kappa shape index (κ1) is 17.1. The van der Waals surface area contributed by atoms with E-state index >= 15 is 0 Å². The molecule has 1 aliphatic carbocycles. The Balaban J connectivity index is 1.68. The van der Waals surface area contributed by atoms with Crippen molar-refractivity contribution in [2.45, 2.75) is 23.7 Å². The number of sulfone groups is 1. The van der Waals surface area contributed by atoms with Crippen molar-refractivity contribution in [3.05, 3.63) is 48.2 Å². The number of nitrogens with zero attached hydrogens (tertiary/aromatic N) is 5. The van der Waals surface area contributed by atoms with Gasteiger partial charge in [0.15, 0.2) is 21.3 Å². The maximum atomic E-state index is 12.5. The lowest BCUT2D eigenvalue weighted by atomic mass is 10.3. The van der Waals surface area contributed by atoms with Gasteiger partial charge in [-0.25, -0.2) is 18.4 Å². The summed E-state index contributed by atoms with van der Waals surface area (Å²) in [5.74, 6) is -0.139. The van der Waals surface area contributed by atoms with Crippen molar-refractivity contribution < 1.29 is 17.3 Å². The average molecular weight is 444 g/mol. The van der Waals surface area contributed by atoms with E-state index in [4.69, 9.17) is 4.11 Å². The molecule has 12 heteroatoms. The Bertz CT molecular complexity index is 1330. The molecule has 0 radical (unpaired) electrons. The monoisotopic (exact) mass is 443 g/mol. The van der Waals surface area contributed by atoms with Gasteiger partial charge >= 0.3 is 0 Å². The predicted octanol–water partition coefficient (Wildman–Crippen LogP) is 1.79. The van der Waals surface area contributed by atoms with Crippen LogP contribution in [-0.2, 0) is 9.84 Å². The van der Waals surface area contributed by atoms with Crippen LogP contribution >= 0.6 is 0 Å². The fourth-order valence-corrected chi connectivity index (χ4v) is 3.59. The second-order valence-electron chi connectivity index (χ2n) is 6.92. The van der Waals surface area contributed by atoms with Crippen molar-refractivity contribution in [1.82, 2.24) is 30.5 Å². The van der Waals surface area contributed by atoms with Crippen molar-refractivity contribution in [2.75, 3.05) is 23.9 Å². The Morgan fingerprint density at radius 3 is 2.65 bits per heavy atom. The zero-order valence-corrected chi connectivity index (χ0v) is 17.1. The molecular formula is C19H20N8O3S. The summed E-state index contributed by atoms with van der Waals surface area (Å²) in [5, 5.41) is 15.3. The van der Waals surface area contributed by atoms with E-state index in [0.717, 1.165) is 24.8 Å². The number of hydrogen-bond donors (Lipinski definition) is 3. The lowest BCUT2D eigenvalue weighted by Gasteiger charge is -2.13. The number of carbonyl (C=O) groups excluding carboxylic acids is 1. The number of amides is 1. The van der Waals surface area contributed by atoms with Gasteiger partial charge in [0.25, 0.3) is 5.91 Å². The summed E-state index contributed by atoms with van der Waals surface area (Å²) in [6.07, 6.45) is 7.76. The molecule has 3 N–H and O–H groups in total. The minimum absolute atomic E-state index is 0.0228. The van der Waals surface area contributed by atoms with Gasteiger partial charge in [-0.15, -0.1) is 10.2 Å². The van der Waals surface area contributed by atoms with Gasteiger partial charge in [0.1, 0.15) is 16.5 Å². The Morgan fingerprint density at radius 2 is 1.97 bits per heavy atom. The molecule has 1 aliphatic rings. The smallest absolute Gasteiger partial charge is 0.273 e. The fourth-order valence-electron chi connectivity index (χ4n) is 2.81. The van der Waals surface area contributed by atoms with Crippen LogP contribution < -0.4 is 16.0 Å². The van der Waals surface area contributed by atoms with Gasteiger partial charge in [0, 0.05) is 35.5 Å². The molecule has 0 bridgehead atoms. The number of hydrogen-bond acceptors (Lipinski definition) is 10. The van der Waals surface area contributed by atoms with Gasteiger partial charge in [0.2, 0.25) is 0 Å². The highest BCUT2D eigenvalue weighted by atomic mass is 32.2. The minimum Gasteiger partial charge on any atom is -0.354 e. The lowest BCUT2D eigenvalue weighted by Crippen LogP contribution is -2.22. The zero-order valence-electron chi connectivity index (χ0n) is 19.3. The molecular weight excluding hydrogens is 420 g/mol. The van der Waals surface area contributed by atoms with Crippen LogP contribution in [0, 0.1) is 0 Å². The molecule has 160 valence electrons. The number of nitrogens with one attached hydrogen (secondary N) is 3. The molecule has 1 amide bonds. The quantitative estimate of drug-likeness (QED) is 0.493. The second-order valence-corrected chi connectivity index (χ2v) is 8.90. The average Bonchev–Trinajstić information content (AvgIpc) is 3.58. The fraction of sp³-hybridized carbons (Fsp3) is 0.263. The third-order valence-corrected chi connectivity index (χ3v) is 5.60. The molecule has 31 heavy (non-hydrogen) atoms. The number of carbonyl (C=O) groups is 1. The molecule has 3 aromatic heterocycles. The molecule has 1 saturated carbocycles. The molecule has 0 spiro atoms. The van der Waals surface area contributed by atoms with Crippen molar-refractivity contribution in [2.24, 2.45) is 0 Å². The number of pyridine rings is 1. The van der Waals surface area contributed by atoms with Crippen LogP contribution in [0.1, 0.15) is 39.1 Å². The van der Waals surface area contributed by atoms with E-state index < -0.39 is 22.7 Å². The molecule has 0 aromatic carbocycles. The third kappa shape index (κ3) is 4.74. The molecule has 0 saturated heterocycles. The topological polar surface area (TPSA) is 152 Å². The van der Waals surface area contributed by atoms with Crippen LogP contribution in [0.15, 0.2) is 41.7 Å². The highest BCUT2D eigenvalue weighted by Crippen LogP contribution is 2.38. The summed E-state index contributed by atoms with van der Waals surface area (Å²) in [6, 6.07) is 4.15. The minimum atomic E-state index is -3.67. The van der Waals surface area contributed by atoms with Crippen molar-refractivity contribution in [1.29, 1.82) is 0 Å². The summed E-state index contributed by atoms with van der Waals surface area (Å²) in [5.41, 5.74) is 0.506. The van der Waals surface area contributed by atoms with E-state index in [9.17, 15) is 13.2 Å². The standard InChI is InChI=1S/C19H20N8O3S/c1-20-19(28)17-12(24-18-14(31(2,29)30)4-3-7-21-18)8-15(26-27-17)25-16-10-22-13(9-23-16)11-5-6-11/h3-4,7-11H,5-6H2,1-2H3,(H,20,28)(H2,21,23,24,25,26)/i1D3. The summed E-state index contributed by atoms with van der Waals surface area (Å²) in [4.78, 5) is 25.1. The number of aromatic nitrogens is 5. The Hall–Kier alpha value is -3.67. The van der Waals surface area contributed by atoms with Crippen LogP contribution in [0.5, 0.6) is 0 Å². The van der Waals surface area contributed by atoms with Gasteiger partial charge in [-0.3, -0.25) is 9.78 Å². The summed E-state index contributed by atoms with van der Waals surface area (Å²) < 4.78 is 46.1. The van der Waals surface area contributed by atoms with Gasteiger partial charge in [-0.05, 0) is 25.0 Å². The van der Waals surface area contributed by atoms with Crippen LogP contribution in [0.25, 0.3) is 0 Å². The van der Waals surface area contributed by atoms with E-state index in [2.05, 4.69) is 35.8 Å². The van der Waals surface area contributed by atoms with Crippen LogP contribution in [0.3, 0.4) is 0 Å². The van der Waals surface area contributed by atoms with E-state index in [1.165, 1.54) is 30.6 Å². The largest absolute Gasteiger partial charge is 0.354 e. The maximum absolute atomic E-state index is 12.5. The summed E-state index contributed by atoms with van der Waals surface area (Å²) >= 11 is 0. The Kier molecular flexibility index (Phi) is 4.52. The molecule has 0 atom stereocenters. The van der Waals surface area contributed by atoms with E-state index in [-0.39, 0.29) is 27.9 Å². The predicted molar refractivity (Wildman–Crippen MR) is 113 cm³/mol. The van der Waals surface area contributed by atoms with Crippen LogP contribution in [-0.4, -0.2) is 52.7 Å². The maximum Gasteiger partial charge on any atom is 0.273 e. The van der Waals surface area contributed by atoms with Gasteiger partial charge in [0.05, 0.1) is 23.8 Å². The molecule has 1 fully saturated rings.